The summed E-state index contributed by atoms with van der Waals surface area (Å²) in [6.07, 6.45) is 4.63. The summed E-state index contributed by atoms with van der Waals surface area (Å²) in [6.45, 7) is 2.17. The summed E-state index contributed by atoms with van der Waals surface area (Å²) in [5, 5.41) is 1.01. The van der Waals surface area contributed by atoms with Crippen LogP contribution in [0.5, 0.6) is 0 Å². The second-order valence-electron chi connectivity index (χ2n) is 5.61. The van der Waals surface area contributed by atoms with E-state index < -0.39 is 0 Å². The molecule has 0 spiro atoms. The third kappa shape index (κ3) is 2.66. The lowest BCUT2D eigenvalue weighted by Gasteiger charge is -2.28. The fraction of sp³-hybridized carbons (Fsp3) is 0.438. The van der Waals surface area contributed by atoms with E-state index in [1.165, 1.54) is 17.8 Å². The summed E-state index contributed by atoms with van der Waals surface area (Å²) < 4.78 is 6.76. The number of hydrogen-bond donors (Lipinski definition) is 1. The predicted octanol–water partition coefficient (Wildman–Crippen LogP) is 4.22. The molecule has 1 aliphatic rings. The molecule has 2 N–H and O–H groups in total. The number of nitrogens with two attached hydrogens (primary N) is 1. The fourth-order valence-corrected chi connectivity index (χ4v) is 3.74. The molecule has 0 bridgehead atoms. The normalized spacial score (nSPS) is 22.9. The Labute approximate surface area is 122 Å². The van der Waals surface area contributed by atoms with Crippen LogP contribution in [0.15, 0.2) is 24.3 Å². The summed E-state index contributed by atoms with van der Waals surface area (Å²) in [5.74, 6) is 0.279. The van der Waals surface area contributed by atoms with Crippen LogP contribution in [-0.4, -0.2) is 12.1 Å². The second kappa shape index (κ2) is 5.44. The van der Waals surface area contributed by atoms with Crippen molar-refractivity contribution in [2.75, 3.05) is 5.73 Å². The molecule has 2 aromatic rings. The number of carbonyl (C=O) groups is 1. The summed E-state index contributed by atoms with van der Waals surface area (Å²) >= 11 is 1.47. The van der Waals surface area contributed by atoms with Crippen LogP contribution in [0.25, 0.3) is 10.1 Å². The molecule has 1 saturated carbocycles. The second-order valence-corrected chi connectivity index (χ2v) is 6.70. The van der Waals surface area contributed by atoms with E-state index in [2.05, 4.69) is 6.92 Å². The number of thiophene rings is 1. The van der Waals surface area contributed by atoms with E-state index in [0.29, 0.717) is 10.8 Å². The first kappa shape index (κ1) is 13.4. The van der Waals surface area contributed by atoms with Crippen LogP contribution in [0.3, 0.4) is 0 Å². The molecule has 0 amide bonds. The molecule has 1 aromatic carbocycles. The van der Waals surface area contributed by atoms with Gasteiger partial charge in [0.25, 0.3) is 0 Å². The minimum Gasteiger partial charge on any atom is -0.458 e. The zero-order valence-electron chi connectivity index (χ0n) is 11.6. The molecule has 1 aliphatic carbocycles. The molecule has 0 aliphatic heterocycles. The highest BCUT2D eigenvalue weighted by atomic mass is 32.1. The van der Waals surface area contributed by atoms with Gasteiger partial charge >= 0.3 is 5.97 Å². The number of fused-ring (bicyclic) bond motifs is 1. The molecular weight excluding hydrogens is 270 g/mol. The lowest BCUT2D eigenvalue weighted by Crippen LogP contribution is -2.27. The maximum Gasteiger partial charge on any atom is 0.348 e. The van der Waals surface area contributed by atoms with Gasteiger partial charge < -0.3 is 10.5 Å². The van der Waals surface area contributed by atoms with Gasteiger partial charge in [-0.2, -0.15) is 0 Å². The Morgan fingerprint density at radius 2 is 2.10 bits per heavy atom. The van der Waals surface area contributed by atoms with E-state index in [-0.39, 0.29) is 12.1 Å². The van der Waals surface area contributed by atoms with Gasteiger partial charge in [-0.05, 0) is 54.8 Å². The van der Waals surface area contributed by atoms with Crippen LogP contribution in [0, 0.1) is 5.92 Å². The molecule has 1 fully saturated rings. The van der Waals surface area contributed by atoms with Crippen molar-refractivity contribution in [3.63, 3.8) is 0 Å². The van der Waals surface area contributed by atoms with Gasteiger partial charge in [0, 0.05) is 10.4 Å². The number of carbonyl (C=O) groups excluding carboxylic acids is 1. The summed E-state index contributed by atoms with van der Waals surface area (Å²) in [4.78, 5) is 12.9. The van der Waals surface area contributed by atoms with Crippen LogP contribution >= 0.6 is 11.3 Å². The Kier molecular flexibility index (Phi) is 3.66. The molecule has 2 unspecified atom stereocenters. The number of rotatable bonds is 2. The summed E-state index contributed by atoms with van der Waals surface area (Å²) in [6, 6.07) is 7.59. The minimum absolute atomic E-state index is 0.0755. The van der Waals surface area contributed by atoms with Gasteiger partial charge in [-0.1, -0.05) is 13.3 Å². The molecule has 0 saturated heterocycles. The van der Waals surface area contributed by atoms with Crippen molar-refractivity contribution in [1.82, 2.24) is 0 Å². The van der Waals surface area contributed by atoms with Crippen LogP contribution < -0.4 is 5.73 Å². The Balaban J connectivity index is 1.78. The van der Waals surface area contributed by atoms with Crippen molar-refractivity contribution in [3.8, 4) is 0 Å². The predicted molar refractivity (Wildman–Crippen MR) is 83.1 cm³/mol. The highest BCUT2D eigenvalue weighted by Crippen LogP contribution is 2.30. The van der Waals surface area contributed by atoms with Gasteiger partial charge in [-0.3, -0.25) is 0 Å². The average Bonchev–Trinajstić information content (AvgIpc) is 2.84. The van der Waals surface area contributed by atoms with E-state index >= 15 is 0 Å². The van der Waals surface area contributed by atoms with Crippen molar-refractivity contribution in [3.05, 3.63) is 29.1 Å². The first-order chi connectivity index (χ1) is 9.63. The maximum atomic E-state index is 12.3. The fourth-order valence-electron chi connectivity index (χ4n) is 2.82. The van der Waals surface area contributed by atoms with E-state index in [9.17, 15) is 4.79 Å². The van der Waals surface area contributed by atoms with E-state index in [1.54, 1.807) is 0 Å². The molecule has 2 atom stereocenters. The smallest absolute Gasteiger partial charge is 0.348 e. The van der Waals surface area contributed by atoms with E-state index in [0.717, 1.165) is 35.0 Å². The van der Waals surface area contributed by atoms with Gasteiger partial charge in [-0.25, -0.2) is 4.79 Å². The van der Waals surface area contributed by atoms with Gasteiger partial charge in [0.05, 0.1) is 0 Å². The zero-order chi connectivity index (χ0) is 14.1. The van der Waals surface area contributed by atoms with Crippen molar-refractivity contribution < 1.29 is 9.53 Å². The van der Waals surface area contributed by atoms with Gasteiger partial charge in [0.15, 0.2) is 0 Å². The topological polar surface area (TPSA) is 52.3 Å². The third-order valence-electron chi connectivity index (χ3n) is 4.03. The number of benzene rings is 1. The quantitative estimate of drug-likeness (QED) is 0.665. The van der Waals surface area contributed by atoms with E-state index in [1.807, 2.05) is 24.3 Å². The molecular formula is C16H19NO2S. The summed E-state index contributed by atoms with van der Waals surface area (Å²) in [5.41, 5.74) is 6.48. The molecule has 20 heavy (non-hydrogen) atoms. The number of hydrogen-bond acceptors (Lipinski definition) is 4. The molecule has 106 valence electrons. The number of ether oxygens (including phenoxy) is 1. The minimum atomic E-state index is -0.191. The highest BCUT2D eigenvalue weighted by molar-refractivity contribution is 7.20. The van der Waals surface area contributed by atoms with Crippen molar-refractivity contribution >= 4 is 33.1 Å². The van der Waals surface area contributed by atoms with E-state index in [4.69, 9.17) is 10.5 Å². The SMILES string of the molecule is CC1CCCCC1OC(=O)c1cc2cc(N)ccc2s1. The largest absolute Gasteiger partial charge is 0.458 e. The molecule has 3 rings (SSSR count). The Morgan fingerprint density at radius 3 is 2.90 bits per heavy atom. The molecule has 1 heterocycles. The number of esters is 1. The molecule has 3 nitrogen and oxygen atoms in total. The first-order valence-corrected chi connectivity index (χ1v) is 7.95. The van der Waals surface area contributed by atoms with Crippen LogP contribution in [0.4, 0.5) is 5.69 Å². The Morgan fingerprint density at radius 1 is 1.30 bits per heavy atom. The first-order valence-electron chi connectivity index (χ1n) is 7.13. The van der Waals surface area contributed by atoms with Crippen LogP contribution in [0.1, 0.15) is 42.3 Å². The van der Waals surface area contributed by atoms with Gasteiger partial charge in [-0.15, -0.1) is 11.3 Å². The number of nitrogen functional groups attached to an aromatic ring is 1. The zero-order valence-corrected chi connectivity index (χ0v) is 12.4. The summed E-state index contributed by atoms with van der Waals surface area (Å²) in [7, 11) is 0. The Hall–Kier alpha value is -1.55. The highest BCUT2D eigenvalue weighted by Gasteiger charge is 2.25. The lowest BCUT2D eigenvalue weighted by atomic mass is 9.88. The maximum absolute atomic E-state index is 12.3. The van der Waals surface area contributed by atoms with Crippen LogP contribution in [0.2, 0.25) is 0 Å². The standard InChI is InChI=1S/C16H19NO2S/c1-10-4-2-3-5-13(10)19-16(18)15-9-11-8-12(17)6-7-14(11)20-15/h6-10,13H,2-5,17H2,1H3. The molecule has 0 radical (unpaired) electrons. The van der Waals surface area contributed by atoms with Crippen LogP contribution in [-0.2, 0) is 4.74 Å². The van der Waals surface area contributed by atoms with Gasteiger partial charge in [0.1, 0.15) is 11.0 Å². The number of anilines is 1. The lowest BCUT2D eigenvalue weighted by molar-refractivity contribution is 0.00535. The third-order valence-corrected chi connectivity index (χ3v) is 5.13. The molecule has 1 aromatic heterocycles. The van der Waals surface area contributed by atoms with Crippen molar-refractivity contribution in [2.24, 2.45) is 5.92 Å². The average molecular weight is 289 g/mol. The van der Waals surface area contributed by atoms with Crippen molar-refractivity contribution in [1.29, 1.82) is 0 Å². The molecule has 4 heteroatoms. The van der Waals surface area contributed by atoms with Gasteiger partial charge in [0.2, 0.25) is 0 Å². The Bertz CT molecular complexity index is 634. The monoisotopic (exact) mass is 289 g/mol. The van der Waals surface area contributed by atoms with Crippen molar-refractivity contribution in [2.45, 2.75) is 38.7 Å².